The highest BCUT2D eigenvalue weighted by atomic mass is 32.2. The Morgan fingerprint density at radius 2 is 1.90 bits per heavy atom. The number of carbonyl (C=O) groups excluding carboxylic acids is 2. The van der Waals surface area contributed by atoms with Gasteiger partial charge in [0.2, 0.25) is 5.91 Å². The summed E-state index contributed by atoms with van der Waals surface area (Å²) in [5.74, 6) is 1.38. The molecule has 1 aromatic carbocycles. The van der Waals surface area contributed by atoms with Gasteiger partial charge in [-0.15, -0.1) is 10.2 Å². The van der Waals surface area contributed by atoms with Crippen LogP contribution in [0.4, 0.5) is 0 Å². The first kappa shape index (κ1) is 23.1. The van der Waals surface area contributed by atoms with E-state index in [4.69, 9.17) is 4.74 Å². The molecule has 2 aromatic rings. The summed E-state index contributed by atoms with van der Waals surface area (Å²) < 4.78 is 6.99. The monoisotopic (exact) mass is 445 g/mol. The molecule has 1 aliphatic carbocycles. The Hall–Kier alpha value is -2.55. The van der Waals surface area contributed by atoms with Crippen LogP contribution >= 0.6 is 11.8 Å². The number of thioether (sulfide) groups is 1. The van der Waals surface area contributed by atoms with E-state index in [9.17, 15) is 9.59 Å². The van der Waals surface area contributed by atoms with E-state index in [1.165, 1.54) is 31.0 Å². The highest BCUT2D eigenvalue weighted by Crippen LogP contribution is 2.23. The van der Waals surface area contributed by atoms with E-state index in [-0.39, 0.29) is 17.1 Å². The number of rotatable bonds is 9. The fraction of sp³-hybridized carbons (Fsp3) is 0.545. The largest absolute Gasteiger partial charge is 0.497 e. The average molecular weight is 446 g/mol. The van der Waals surface area contributed by atoms with Crippen molar-refractivity contribution in [1.82, 2.24) is 25.4 Å². The molecular weight excluding hydrogens is 414 g/mol. The van der Waals surface area contributed by atoms with Crippen molar-refractivity contribution < 1.29 is 14.3 Å². The predicted molar refractivity (Wildman–Crippen MR) is 120 cm³/mol. The van der Waals surface area contributed by atoms with Crippen LogP contribution in [0, 0.1) is 0 Å². The van der Waals surface area contributed by atoms with E-state index in [2.05, 4.69) is 20.8 Å². The zero-order chi connectivity index (χ0) is 22.2. The number of methoxy groups -OCH3 is 1. The molecular formula is C22H31N5O3S. The number of hydrogen-bond acceptors (Lipinski definition) is 6. The molecule has 2 N–H and O–H groups in total. The molecule has 0 aliphatic heterocycles. The summed E-state index contributed by atoms with van der Waals surface area (Å²) in [6.07, 6.45) is 6.33. The van der Waals surface area contributed by atoms with Crippen molar-refractivity contribution in [1.29, 1.82) is 0 Å². The van der Waals surface area contributed by atoms with Crippen molar-refractivity contribution in [2.45, 2.75) is 61.9 Å². The molecule has 168 valence electrons. The maximum Gasteiger partial charge on any atom is 0.251 e. The molecule has 2 amide bonds. The quantitative estimate of drug-likeness (QED) is 0.576. The Morgan fingerprint density at radius 3 is 2.58 bits per heavy atom. The Balaban J connectivity index is 1.46. The van der Waals surface area contributed by atoms with Crippen molar-refractivity contribution >= 4 is 23.6 Å². The minimum Gasteiger partial charge on any atom is -0.497 e. The molecule has 9 heteroatoms. The van der Waals surface area contributed by atoms with Crippen LogP contribution in [0.3, 0.4) is 0 Å². The second-order valence-electron chi connectivity index (χ2n) is 7.80. The maximum atomic E-state index is 12.5. The number of nitrogens with zero attached hydrogens (tertiary/aromatic N) is 3. The number of carbonyl (C=O) groups is 2. The average Bonchev–Trinajstić information content (AvgIpc) is 3.13. The van der Waals surface area contributed by atoms with Gasteiger partial charge in [0.1, 0.15) is 11.6 Å². The van der Waals surface area contributed by atoms with Crippen molar-refractivity contribution in [3.8, 4) is 5.75 Å². The lowest BCUT2D eigenvalue weighted by atomic mass is 9.95. The van der Waals surface area contributed by atoms with Gasteiger partial charge in [0.05, 0.1) is 12.4 Å². The molecule has 1 unspecified atom stereocenters. The summed E-state index contributed by atoms with van der Waals surface area (Å²) in [4.78, 5) is 24.8. The molecule has 1 atom stereocenters. The van der Waals surface area contributed by atoms with Crippen LogP contribution in [0.5, 0.6) is 5.75 Å². The zero-order valence-corrected chi connectivity index (χ0v) is 19.2. The molecule has 1 aromatic heterocycles. The second-order valence-corrected chi connectivity index (χ2v) is 9.10. The van der Waals surface area contributed by atoms with Crippen LogP contribution < -0.4 is 15.4 Å². The summed E-state index contributed by atoms with van der Waals surface area (Å²) in [5, 5.41) is 15.0. The van der Waals surface area contributed by atoms with E-state index in [1.807, 2.05) is 18.5 Å². The van der Waals surface area contributed by atoms with E-state index >= 15 is 0 Å². The molecule has 31 heavy (non-hydrogen) atoms. The summed E-state index contributed by atoms with van der Waals surface area (Å²) in [6, 6.07) is 7.27. The maximum absolute atomic E-state index is 12.5. The van der Waals surface area contributed by atoms with Crippen LogP contribution in [0.1, 0.15) is 55.2 Å². The first-order valence-electron chi connectivity index (χ1n) is 10.8. The second kappa shape index (κ2) is 11.2. The van der Waals surface area contributed by atoms with E-state index < -0.39 is 0 Å². The molecule has 1 saturated carbocycles. The Bertz CT molecular complexity index is 878. The molecule has 0 saturated heterocycles. The Kier molecular flexibility index (Phi) is 8.34. The highest BCUT2D eigenvalue weighted by molar-refractivity contribution is 8.00. The summed E-state index contributed by atoms with van der Waals surface area (Å²) >= 11 is 1.41. The third-order valence-corrected chi connectivity index (χ3v) is 6.65. The smallest absolute Gasteiger partial charge is 0.251 e. The predicted octanol–water partition coefficient (Wildman–Crippen LogP) is 2.73. The Morgan fingerprint density at radius 1 is 1.19 bits per heavy atom. The lowest BCUT2D eigenvalue weighted by molar-refractivity contribution is -0.121. The van der Waals surface area contributed by atoms with Crippen molar-refractivity contribution in [2.75, 3.05) is 13.7 Å². The molecule has 0 radical (unpaired) electrons. The van der Waals surface area contributed by atoms with Gasteiger partial charge in [-0.3, -0.25) is 9.59 Å². The molecule has 1 fully saturated rings. The lowest BCUT2D eigenvalue weighted by Crippen LogP contribution is -2.40. The van der Waals surface area contributed by atoms with Crippen LogP contribution in [0.15, 0.2) is 29.4 Å². The van der Waals surface area contributed by atoms with Crippen molar-refractivity contribution in [3.05, 3.63) is 35.7 Å². The van der Waals surface area contributed by atoms with Crippen LogP contribution in [-0.2, 0) is 18.3 Å². The molecule has 0 bridgehead atoms. The van der Waals surface area contributed by atoms with Gasteiger partial charge in [-0.25, -0.2) is 0 Å². The first-order chi connectivity index (χ1) is 15.0. The summed E-state index contributed by atoms with van der Waals surface area (Å²) in [5.41, 5.74) is 0.577. The van der Waals surface area contributed by atoms with Gasteiger partial charge in [0.15, 0.2) is 5.16 Å². The third kappa shape index (κ3) is 6.46. The normalized spacial score (nSPS) is 15.3. The fourth-order valence-corrected chi connectivity index (χ4v) is 4.42. The fourth-order valence-electron chi connectivity index (χ4n) is 3.57. The third-order valence-electron chi connectivity index (χ3n) is 5.51. The van der Waals surface area contributed by atoms with Crippen molar-refractivity contribution in [3.63, 3.8) is 0 Å². The van der Waals surface area contributed by atoms with Crippen LogP contribution in [-0.4, -0.2) is 51.5 Å². The molecule has 0 spiro atoms. The van der Waals surface area contributed by atoms with Gasteiger partial charge in [0.25, 0.3) is 5.91 Å². The van der Waals surface area contributed by atoms with Gasteiger partial charge in [-0.1, -0.05) is 31.0 Å². The lowest BCUT2D eigenvalue weighted by Gasteiger charge is -2.24. The number of aromatic nitrogens is 3. The summed E-state index contributed by atoms with van der Waals surface area (Å²) in [6.45, 7) is 2.34. The van der Waals surface area contributed by atoms with Gasteiger partial charge in [-0.05, 0) is 44.0 Å². The minimum absolute atomic E-state index is 0.0493. The Labute approximate surface area is 187 Å². The number of nitrogens with one attached hydrogen (secondary N) is 2. The zero-order valence-electron chi connectivity index (χ0n) is 18.4. The molecule has 8 nitrogen and oxygen atoms in total. The van der Waals surface area contributed by atoms with Gasteiger partial charge in [-0.2, -0.15) is 0 Å². The summed E-state index contributed by atoms with van der Waals surface area (Å²) in [7, 11) is 3.47. The number of hydrogen-bond donors (Lipinski definition) is 2. The van der Waals surface area contributed by atoms with Crippen LogP contribution in [0.2, 0.25) is 0 Å². The van der Waals surface area contributed by atoms with Gasteiger partial charge >= 0.3 is 0 Å². The van der Waals surface area contributed by atoms with E-state index in [1.54, 1.807) is 31.4 Å². The topological polar surface area (TPSA) is 98.1 Å². The van der Waals surface area contributed by atoms with Crippen LogP contribution in [0.25, 0.3) is 0 Å². The molecule has 3 rings (SSSR count). The standard InChI is InChI=1S/C22H31N5O3S/c1-15(20(28)24-17-7-5-4-6-8-17)31-22-26-25-19(27(22)2)13-14-23-21(29)16-9-11-18(30-3)12-10-16/h9-12,15,17H,4-8,13-14H2,1-3H3,(H,23,29)(H,24,28). The minimum atomic E-state index is -0.243. The van der Waals surface area contributed by atoms with Crippen molar-refractivity contribution in [2.24, 2.45) is 7.05 Å². The van der Waals surface area contributed by atoms with Gasteiger partial charge in [0, 0.05) is 31.6 Å². The van der Waals surface area contributed by atoms with E-state index in [0.717, 1.165) is 18.7 Å². The van der Waals surface area contributed by atoms with Gasteiger partial charge < -0.3 is 19.9 Å². The molecule has 1 heterocycles. The molecule has 1 aliphatic rings. The highest BCUT2D eigenvalue weighted by Gasteiger charge is 2.22. The van der Waals surface area contributed by atoms with E-state index in [0.29, 0.717) is 35.5 Å². The number of ether oxygens (including phenoxy) is 1. The number of benzene rings is 1. The number of amides is 2. The first-order valence-corrected chi connectivity index (χ1v) is 11.6. The SMILES string of the molecule is COc1ccc(C(=O)NCCc2nnc(SC(C)C(=O)NC3CCCCC3)n2C)cc1.